The zero-order chi connectivity index (χ0) is 8.65. The molecule has 0 atom stereocenters. The zero-order valence-corrected chi connectivity index (χ0v) is 8.20. The first-order chi connectivity index (χ1) is 4.93. The van der Waals surface area contributed by atoms with Gasteiger partial charge in [-0.3, -0.25) is 0 Å². The van der Waals surface area contributed by atoms with E-state index in [-0.39, 0.29) is 5.41 Å². The van der Waals surface area contributed by atoms with Gasteiger partial charge in [0.1, 0.15) is 10.2 Å². The minimum atomic E-state index is -0.657. The molecular weight excluding hydrogens is 213 g/mol. The van der Waals surface area contributed by atoms with Crippen LogP contribution in [0.25, 0.3) is 0 Å². The minimum Gasteiger partial charge on any atom is -0.324 e. The van der Waals surface area contributed by atoms with Crippen LogP contribution in [0, 0.1) is 6.01 Å². The maximum Gasteiger partial charge on any atom is 0.320 e. The molecule has 0 saturated heterocycles. The van der Waals surface area contributed by atoms with E-state index < -0.39 is 6.01 Å². The van der Waals surface area contributed by atoms with Gasteiger partial charge >= 0.3 is 6.01 Å². The highest BCUT2D eigenvalue weighted by Gasteiger charge is 2.24. The summed E-state index contributed by atoms with van der Waals surface area (Å²) < 4.78 is 17.3. The highest BCUT2D eigenvalue weighted by Crippen LogP contribution is 2.30. The van der Waals surface area contributed by atoms with E-state index in [1.807, 2.05) is 20.8 Å². The topological polar surface area (TPSA) is 26.0 Å². The van der Waals surface area contributed by atoms with E-state index in [1.54, 1.807) is 0 Å². The lowest BCUT2D eigenvalue weighted by atomic mass is 9.93. The average molecular weight is 222 g/mol. The second kappa shape index (κ2) is 2.59. The Morgan fingerprint density at radius 2 is 2.00 bits per heavy atom. The summed E-state index contributed by atoms with van der Waals surface area (Å²) in [4.78, 5) is 0. The number of aromatic nitrogens is 1. The van der Waals surface area contributed by atoms with Gasteiger partial charge in [-0.05, 0) is 15.9 Å². The summed E-state index contributed by atoms with van der Waals surface area (Å²) in [6.07, 6.45) is 0. The van der Waals surface area contributed by atoms with Crippen LogP contribution >= 0.6 is 15.9 Å². The lowest BCUT2D eigenvalue weighted by molar-refractivity contribution is 0.274. The Labute approximate surface area is 72.9 Å². The molecule has 11 heavy (non-hydrogen) atoms. The van der Waals surface area contributed by atoms with E-state index in [0.29, 0.717) is 10.2 Å². The summed E-state index contributed by atoms with van der Waals surface area (Å²) in [7, 11) is 0. The molecule has 0 fully saturated rings. The highest BCUT2D eigenvalue weighted by molar-refractivity contribution is 9.10. The van der Waals surface area contributed by atoms with E-state index in [9.17, 15) is 4.39 Å². The van der Waals surface area contributed by atoms with Gasteiger partial charge in [-0.2, -0.15) is 4.39 Å². The van der Waals surface area contributed by atoms with Crippen molar-refractivity contribution >= 4 is 15.9 Å². The first-order valence-corrected chi connectivity index (χ1v) is 4.03. The zero-order valence-electron chi connectivity index (χ0n) is 6.61. The van der Waals surface area contributed by atoms with Crippen molar-refractivity contribution < 1.29 is 8.91 Å². The van der Waals surface area contributed by atoms with Gasteiger partial charge in [0.15, 0.2) is 0 Å². The Kier molecular flexibility index (Phi) is 2.05. The quantitative estimate of drug-likeness (QED) is 0.674. The number of hydrogen-bond acceptors (Lipinski definition) is 2. The Morgan fingerprint density at radius 1 is 1.45 bits per heavy atom. The molecule has 62 valence electrons. The summed E-state index contributed by atoms with van der Waals surface area (Å²) in [5, 5.41) is 3.59. The van der Waals surface area contributed by atoms with Crippen molar-refractivity contribution in [2.45, 2.75) is 26.2 Å². The fraction of sp³-hybridized carbons (Fsp3) is 0.571. The monoisotopic (exact) mass is 221 g/mol. The molecule has 0 aliphatic carbocycles. The van der Waals surface area contributed by atoms with E-state index in [4.69, 9.17) is 0 Å². The van der Waals surface area contributed by atoms with Gasteiger partial charge in [0.2, 0.25) is 0 Å². The molecular formula is C7H9BrFNO. The molecule has 0 N–H and O–H groups in total. The van der Waals surface area contributed by atoms with Crippen molar-refractivity contribution in [3.8, 4) is 0 Å². The second-order valence-corrected chi connectivity index (χ2v) is 4.16. The van der Waals surface area contributed by atoms with Gasteiger partial charge in [-0.25, -0.2) is 0 Å². The number of rotatable bonds is 0. The van der Waals surface area contributed by atoms with Crippen LogP contribution in [0.15, 0.2) is 9.00 Å². The molecule has 0 radical (unpaired) electrons. The highest BCUT2D eigenvalue weighted by atomic mass is 79.9. The van der Waals surface area contributed by atoms with Crippen LogP contribution in [0.5, 0.6) is 0 Å². The summed E-state index contributed by atoms with van der Waals surface area (Å²) in [5.41, 5.74) is 0.419. The first kappa shape index (κ1) is 8.71. The Balaban J connectivity index is 3.15. The lowest BCUT2D eigenvalue weighted by Crippen LogP contribution is -2.12. The predicted octanol–water partition coefficient (Wildman–Crippen LogP) is 2.87. The molecule has 0 bridgehead atoms. The summed E-state index contributed by atoms with van der Waals surface area (Å²) >= 11 is 3.05. The molecule has 1 heterocycles. The maximum absolute atomic E-state index is 12.6. The number of nitrogens with zero attached hydrogens (tertiary/aromatic N) is 1. The Morgan fingerprint density at radius 3 is 2.18 bits per heavy atom. The predicted molar refractivity (Wildman–Crippen MR) is 42.9 cm³/mol. The molecule has 0 saturated carbocycles. The van der Waals surface area contributed by atoms with E-state index in [1.165, 1.54) is 0 Å². The van der Waals surface area contributed by atoms with Crippen molar-refractivity contribution in [1.29, 1.82) is 0 Å². The van der Waals surface area contributed by atoms with Crippen molar-refractivity contribution in [3.05, 3.63) is 16.2 Å². The molecule has 1 rings (SSSR count). The summed E-state index contributed by atoms with van der Waals surface area (Å²) in [5.74, 6) is 0. The number of halogens is 2. The maximum atomic E-state index is 12.6. The van der Waals surface area contributed by atoms with E-state index >= 15 is 0 Å². The minimum absolute atomic E-state index is 0.188. The third-order valence-corrected chi connectivity index (χ3v) is 2.00. The van der Waals surface area contributed by atoms with Crippen molar-refractivity contribution in [1.82, 2.24) is 5.16 Å². The largest absolute Gasteiger partial charge is 0.324 e. The smallest absolute Gasteiger partial charge is 0.320 e. The van der Waals surface area contributed by atoms with Crippen LogP contribution in [-0.4, -0.2) is 5.16 Å². The van der Waals surface area contributed by atoms with Gasteiger partial charge in [-0.15, -0.1) is 0 Å². The van der Waals surface area contributed by atoms with Crippen molar-refractivity contribution in [3.63, 3.8) is 0 Å². The fourth-order valence-corrected chi connectivity index (χ4v) is 1.46. The van der Waals surface area contributed by atoms with Crippen LogP contribution < -0.4 is 0 Å². The molecule has 1 aromatic heterocycles. The lowest BCUT2D eigenvalue weighted by Gasteiger charge is -2.13. The number of hydrogen-bond donors (Lipinski definition) is 0. The first-order valence-electron chi connectivity index (χ1n) is 3.24. The molecule has 0 unspecified atom stereocenters. The van der Waals surface area contributed by atoms with E-state index in [0.717, 1.165) is 0 Å². The standard InChI is InChI=1S/C7H9BrFNO/c1-7(2,3)5-4(8)6(9)11-10-5/h1-3H3. The molecule has 0 spiro atoms. The third kappa shape index (κ3) is 1.61. The van der Waals surface area contributed by atoms with E-state index in [2.05, 4.69) is 25.6 Å². The fourth-order valence-electron chi connectivity index (χ4n) is 0.725. The van der Waals surface area contributed by atoms with Gasteiger partial charge in [0.25, 0.3) is 0 Å². The summed E-state index contributed by atoms with van der Waals surface area (Å²) in [6, 6.07) is -0.657. The molecule has 1 aromatic rings. The Bertz CT molecular complexity index is 264. The van der Waals surface area contributed by atoms with Gasteiger partial charge < -0.3 is 4.52 Å². The Hall–Kier alpha value is -0.380. The second-order valence-electron chi connectivity index (χ2n) is 3.37. The van der Waals surface area contributed by atoms with Crippen LogP contribution in [0.4, 0.5) is 4.39 Å². The van der Waals surface area contributed by atoms with Crippen LogP contribution in [0.3, 0.4) is 0 Å². The molecule has 0 aromatic carbocycles. The van der Waals surface area contributed by atoms with Crippen LogP contribution in [-0.2, 0) is 5.41 Å². The average Bonchev–Trinajstić information content (AvgIpc) is 2.11. The van der Waals surface area contributed by atoms with Crippen LogP contribution in [0.2, 0.25) is 0 Å². The van der Waals surface area contributed by atoms with Crippen molar-refractivity contribution in [2.75, 3.05) is 0 Å². The molecule has 2 nitrogen and oxygen atoms in total. The van der Waals surface area contributed by atoms with Crippen LogP contribution in [0.1, 0.15) is 26.5 Å². The molecule has 0 amide bonds. The normalized spacial score (nSPS) is 12.1. The van der Waals surface area contributed by atoms with Gasteiger partial charge in [-0.1, -0.05) is 25.9 Å². The third-order valence-electron chi connectivity index (χ3n) is 1.31. The van der Waals surface area contributed by atoms with Gasteiger partial charge in [0.05, 0.1) is 0 Å². The van der Waals surface area contributed by atoms with Crippen molar-refractivity contribution in [2.24, 2.45) is 0 Å². The summed E-state index contributed by atoms with van der Waals surface area (Å²) in [6.45, 7) is 5.82. The SMILES string of the molecule is CC(C)(C)c1noc(F)c1Br. The van der Waals surface area contributed by atoms with Gasteiger partial charge in [0, 0.05) is 5.41 Å². The molecule has 0 aliphatic rings. The molecule has 0 aliphatic heterocycles. The molecule has 4 heteroatoms.